The third-order valence-corrected chi connectivity index (χ3v) is 4.88. The molecule has 0 spiro atoms. The van der Waals surface area contributed by atoms with E-state index in [0.717, 1.165) is 11.1 Å². The van der Waals surface area contributed by atoms with E-state index in [1.165, 1.54) is 18.0 Å². The number of hydrazone groups is 1. The van der Waals surface area contributed by atoms with Gasteiger partial charge >= 0.3 is 0 Å². The Morgan fingerprint density at radius 3 is 2.61 bits per heavy atom. The highest BCUT2D eigenvalue weighted by Gasteiger charge is 2.03. The van der Waals surface area contributed by atoms with Crippen molar-refractivity contribution in [2.75, 3.05) is 5.75 Å². The van der Waals surface area contributed by atoms with Crippen LogP contribution >= 0.6 is 46.6 Å². The standard InChI is InChI=1S/C16H13Cl3N2OS/c17-13-4-2-1-3-12(13)9-23-10-16(22)21-20-8-11-5-6-14(18)15(19)7-11/h1-8H,9-10H2,(H,21,22). The number of nitrogens with one attached hydrogen (secondary N) is 1. The van der Waals surface area contributed by atoms with E-state index in [1.54, 1.807) is 18.2 Å². The molecule has 2 aromatic rings. The second kappa shape index (κ2) is 9.18. The predicted molar refractivity (Wildman–Crippen MR) is 99.8 cm³/mol. The van der Waals surface area contributed by atoms with Crippen molar-refractivity contribution in [1.29, 1.82) is 0 Å². The highest BCUT2D eigenvalue weighted by Crippen LogP contribution is 2.22. The van der Waals surface area contributed by atoms with Gasteiger partial charge in [-0.05, 0) is 29.3 Å². The number of nitrogens with zero attached hydrogens (tertiary/aromatic N) is 1. The fourth-order valence-electron chi connectivity index (χ4n) is 1.67. The Hall–Kier alpha value is -1.20. The smallest absolute Gasteiger partial charge is 0.250 e. The van der Waals surface area contributed by atoms with Gasteiger partial charge in [0.25, 0.3) is 0 Å². The topological polar surface area (TPSA) is 41.5 Å². The lowest BCUT2D eigenvalue weighted by Crippen LogP contribution is -2.19. The number of rotatable bonds is 6. The van der Waals surface area contributed by atoms with Gasteiger partial charge in [-0.15, -0.1) is 11.8 Å². The fourth-order valence-corrected chi connectivity index (χ4v) is 3.08. The summed E-state index contributed by atoms with van der Waals surface area (Å²) >= 11 is 19.3. The summed E-state index contributed by atoms with van der Waals surface area (Å²) in [6, 6.07) is 12.7. The van der Waals surface area contributed by atoms with Crippen LogP contribution in [0.25, 0.3) is 0 Å². The monoisotopic (exact) mass is 386 g/mol. The van der Waals surface area contributed by atoms with Gasteiger partial charge in [-0.3, -0.25) is 4.79 Å². The lowest BCUT2D eigenvalue weighted by atomic mass is 10.2. The van der Waals surface area contributed by atoms with Crippen LogP contribution in [0, 0.1) is 0 Å². The third kappa shape index (κ3) is 6.07. The molecule has 0 aliphatic heterocycles. The molecule has 0 heterocycles. The molecule has 0 unspecified atom stereocenters. The van der Waals surface area contributed by atoms with Crippen LogP contribution in [0.2, 0.25) is 15.1 Å². The third-order valence-electron chi connectivity index (χ3n) is 2.80. The lowest BCUT2D eigenvalue weighted by molar-refractivity contribution is -0.118. The predicted octanol–water partition coefficient (Wildman–Crippen LogP) is 5.03. The molecule has 0 aliphatic carbocycles. The fraction of sp³-hybridized carbons (Fsp3) is 0.125. The van der Waals surface area contributed by atoms with Crippen molar-refractivity contribution >= 4 is 58.7 Å². The van der Waals surface area contributed by atoms with E-state index in [9.17, 15) is 4.79 Å². The van der Waals surface area contributed by atoms with Crippen molar-refractivity contribution in [3.8, 4) is 0 Å². The molecule has 2 aromatic carbocycles. The van der Waals surface area contributed by atoms with Crippen LogP contribution in [0.4, 0.5) is 0 Å². The van der Waals surface area contributed by atoms with E-state index in [1.807, 2.05) is 24.3 Å². The van der Waals surface area contributed by atoms with Gasteiger partial charge in [0.05, 0.1) is 22.0 Å². The molecule has 0 aliphatic rings. The molecular formula is C16H13Cl3N2OS. The number of benzene rings is 2. The zero-order valence-electron chi connectivity index (χ0n) is 11.9. The molecule has 0 radical (unpaired) electrons. The maximum atomic E-state index is 11.7. The van der Waals surface area contributed by atoms with Crippen LogP contribution in [0.15, 0.2) is 47.6 Å². The van der Waals surface area contributed by atoms with Crippen LogP contribution in [0.3, 0.4) is 0 Å². The molecule has 0 saturated carbocycles. The van der Waals surface area contributed by atoms with Gasteiger partial charge in [-0.1, -0.05) is 59.1 Å². The molecule has 3 nitrogen and oxygen atoms in total. The Labute approximate surface area is 154 Å². The van der Waals surface area contributed by atoms with Gasteiger partial charge < -0.3 is 0 Å². The Balaban J connectivity index is 1.75. The zero-order valence-corrected chi connectivity index (χ0v) is 15.0. The summed E-state index contributed by atoms with van der Waals surface area (Å²) in [5, 5.41) is 5.51. The summed E-state index contributed by atoms with van der Waals surface area (Å²) < 4.78 is 0. The highest BCUT2D eigenvalue weighted by atomic mass is 35.5. The summed E-state index contributed by atoms with van der Waals surface area (Å²) in [4.78, 5) is 11.7. The van der Waals surface area contributed by atoms with Crippen molar-refractivity contribution in [2.45, 2.75) is 5.75 Å². The van der Waals surface area contributed by atoms with E-state index >= 15 is 0 Å². The number of thioether (sulfide) groups is 1. The first-order valence-electron chi connectivity index (χ1n) is 6.64. The minimum absolute atomic E-state index is 0.182. The molecule has 0 bridgehead atoms. The minimum Gasteiger partial charge on any atom is -0.272 e. The SMILES string of the molecule is O=C(CSCc1ccccc1Cl)NN=Cc1ccc(Cl)c(Cl)c1. The summed E-state index contributed by atoms with van der Waals surface area (Å²) in [5.74, 6) is 0.784. The quantitative estimate of drug-likeness (QED) is 0.558. The Kier molecular flexibility index (Phi) is 7.24. The Bertz CT molecular complexity index is 722. The average molecular weight is 388 g/mol. The van der Waals surface area contributed by atoms with Crippen LogP contribution < -0.4 is 5.43 Å². The number of carbonyl (C=O) groups is 1. The van der Waals surface area contributed by atoms with E-state index in [4.69, 9.17) is 34.8 Å². The van der Waals surface area contributed by atoms with Crippen LogP contribution in [-0.2, 0) is 10.5 Å². The maximum Gasteiger partial charge on any atom is 0.250 e. The van der Waals surface area contributed by atoms with E-state index in [2.05, 4.69) is 10.5 Å². The maximum absolute atomic E-state index is 11.7. The second-order valence-electron chi connectivity index (χ2n) is 4.55. The van der Waals surface area contributed by atoms with Crippen molar-refractivity contribution in [1.82, 2.24) is 5.43 Å². The molecule has 7 heteroatoms. The van der Waals surface area contributed by atoms with Crippen molar-refractivity contribution in [2.24, 2.45) is 5.10 Å². The van der Waals surface area contributed by atoms with Crippen molar-refractivity contribution in [3.63, 3.8) is 0 Å². The van der Waals surface area contributed by atoms with E-state index in [0.29, 0.717) is 26.6 Å². The molecule has 2 rings (SSSR count). The summed E-state index contributed by atoms with van der Waals surface area (Å²) in [6.07, 6.45) is 1.51. The Morgan fingerprint density at radius 2 is 1.87 bits per heavy atom. The summed E-state index contributed by atoms with van der Waals surface area (Å²) in [5.41, 5.74) is 4.23. The first-order chi connectivity index (χ1) is 11.1. The summed E-state index contributed by atoms with van der Waals surface area (Å²) in [6.45, 7) is 0. The average Bonchev–Trinajstić information content (AvgIpc) is 2.53. The number of amides is 1. The number of hydrogen-bond donors (Lipinski definition) is 1. The van der Waals surface area contributed by atoms with Gasteiger partial charge in [-0.25, -0.2) is 5.43 Å². The van der Waals surface area contributed by atoms with Gasteiger partial charge in [0.2, 0.25) is 5.91 Å². The highest BCUT2D eigenvalue weighted by molar-refractivity contribution is 7.99. The molecule has 23 heavy (non-hydrogen) atoms. The number of hydrogen-bond acceptors (Lipinski definition) is 3. The number of halogens is 3. The Morgan fingerprint density at radius 1 is 1.09 bits per heavy atom. The molecule has 0 aromatic heterocycles. The van der Waals surface area contributed by atoms with Crippen LogP contribution in [-0.4, -0.2) is 17.9 Å². The minimum atomic E-state index is -0.182. The first-order valence-corrected chi connectivity index (χ1v) is 8.93. The van der Waals surface area contributed by atoms with Gasteiger partial charge in [0.15, 0.2) is 0 Å². The van der Waals surface area contributed by atoms with Gasteiger partial charge in [0, 0.05) is 10.8 Å². The molecule has 1 N–H and O–H groups in total. The van der Waals surface area contributed by atoms with Crippen LogP contribution in [0.5, 0.6) is 0 Å². The molecule has 0 atom stereocenters. The van der Waals surface area contributed by atoms with Gasteiger partial charge in [0.1, 0.15) is 0 Å². The zero-order chi connectivity index (χ0) is 16.7. The molecule has 120 valence electrons. The van der Waals surface area contributed by atoms with E-state index in [-0.39, 0.29) is 5.91 Å². The molecular weight excluding hydrogens is 375 g/mol. The second-order valence-corrected chi connectivity index (χ2v) is 6.76. The molecule has 1 amide bonds. The largest absolute Gasteiger partial charge is 0.272 e. The first kappa shape index (κ1) is 18.1. The van der Waals surface area contributed by atoms with Crippen LogP contribution in [0.1, 0.15) is 11.1 Å². The van der Waals surface area contributed by atoms with Gasteiger partial charge in [-0.2, -0.15) is 5.10 Å². The number of carbonyl (C=O) groups excluding carboxylic acids is 1. The summed E-state index contributed by atoms with van der Waals surface area (Å²) in [7, 11) is 0. The van der Waals surface area contributed by atoms with Crippen molar-refractivity contribution in [3.05, 3.63) is 68.7 Å². The molecule has 0 fully saturated rings. The molecule has 0 saturated heterocycles. The lowest BCUT2D eigenvalue weighted by Gasteiger charge is -2.03. The normalized spacial score (nSPS) is 10.9. The van der Waals surface area contributed by atoms with E-state index < -0.39 is 0 Å². The van der Waals surface area contributed by atoms with Crippen molar-refractivity contribution < 1.29 is 4.79 Å².